The largest absolute Gasteiger partial charge is 0.464 e. The van der Waals surface area contributed by atoms with Gasteiger partial charge in [-0.2, -0.15) is 0 Å². The molecule has 0 aliphatic heterocycles. The Kier molecular flexibility index (Phi) is 6.29. The molecular weight excluding hydrogens is 312 g/mol. The van der Waals surface area contributed by atoms with E-state index in [1.807, 2.05) is 19.9 Å². The van der Waals surface area contributed by atoms with E-state index in [4.69, 9.17) is 4.42 Å². The minimum atomic E-state index is -0.0988. The van der Waals surface area contributed by atoms with E-state index >= 15 is 0 Å². The molecule has 126 valence electrons. The molecule has 0 bridgehead atoms. The van der Waals surface area contributed by atoms with Crippen LogP contribution in [0.3, 0.4) is 0 Å². The van der Waals surface area contributed by atoms with Crippen LogP contribution in [0, 0.1) is 13.8 Å². The van der Waals surface area contributed by atoms with Crippen LogP contribution >= 0.6 is 11.3 Å². The zero-order valence-corrected chi connectivity index (χ0v) is 15.0. The molecule has 0 atom stereocenters. The van der Waals surface area contributed by atoms with Crippen LogP contribution in [0.4, 0.5) is 0 Å². The summed E-state index contributed by atoms with van der Waals surface area (Å²) in [6.07, 6.45) is 0.695. The third kappa shape index (κ3) is 4.87. The smallest absolute Gasteiger partial charge is 0.254 e. The van der Waals surface area contributed by atoms with Gasteiger partial charge in [0.1, 0.15) is 21.5 Å². The van der Waals surface area contributed by atoms with Crippen LogP contribution in [0.25, 0.3) is 0 Å². The van der Waals surface area contributed by atoms with Crippen molar-refractivity contribution in [1.82, 2.24) is 20.4 Å². The molecule has 0 radical (unpaired) electrons. The fraction of sp³-hybridized carbons (Fsp3) is 0.562. The SMILES string of the molecule is CCN(CC)Cc1cc(C(=O)NCCc2nnc(C)s2)c(C)o1. The monoisotopic (exact) mass is 336 g/mol. The molecule has 0 aromatic carbocycles. The molecule has 0 unspecified atom stereocenters. The second kappa shape index (κ2) is 8.21. The van der Waals surface area contributed by atoms with Gasteiger partial charge in [0, 0.05) is 13.0 Å². The highest BCUT2D eigenvalue weighted by molar-refractivity contribution is 7.11. The minimum absolute atomic E-state index is 0.0988. The molecule has 23 heavy (non-hydrogen) atoms. The molecular formula is C16H24N4O2S. The van der Waals surface area contributed by atoms with Crippen LogP contribution < -0.4 is 5.32 Å². The summed E-state index contributed by atoms with van der Waals surface area (Å²) >= 11 is 1.56. The first-order valence-electron chi connectivity index (χ1n) is 7.92. The van der Waals surface area contributed by atoms with Gasteiger partial charge in [0.25, 0.3) is 5.91 Å². The summed E-state index contributed by atoms with van der Waals surface area (Å²) in [5.41, 5.74) is 0.612. The van der Waals surface area contributed by atoms with Crippen molar-refractivity contribution in [2.24, 2.45) is 0 Å². The molecule has 2 heterocycles. The van der Waals surface area contributed by atoms with Crippen LogP contribution in [-0.2, 0) is 13.0 Å². The van der Waals surface area contributed by atoms with Gasteiger partial charge in [-0.05, 0) is 33.0 Å². The molecule has 6 nitrogen and oxygen atoms in total. The van der Waals surface area contributed by atoms with Crippen molar-refractivity contribution in [1.29, 1.82) is 0 Å². The van der Waals surface area contributed by atoms with E-state index in [-0.39, 0.29) is 5.91 Å². The lowest BCUT2D eigenvalue weighted by molar-refractivity contribution is 0.0952. The second-order valence-electron chi connectivity index (χ2n) is 5.36. The standard InChI is InChI=1S/C16H24N4O2S/c1-5-20(6-2)10-13-9-14(11(3)22-13)16(21)17-8-7-15-19-18-12(4)23-15/h9H,5-8,10H2,1-4H3,(H,17,21). The Labute approximate surface area is 140 Å². The lowest BCUT2D eigenvalue weighted by atomic mass is 10.2. The highest BCUT2D eigenvalue weighted by Gasteiger charge is 2.16. The number of aromatic nitrogens is 2. The van der Waals surface area contributed by atoms with E-state index in [0.29, 0.717) is 24.3 Å². The number of hydrogen-bond donors (Lipinski definition) is 1. The van der Waals surface area contributed by atoms with Crippen molar-refractivity contribution < 1.29 is 9.21 Å². The Morgan fingerprint density at radius 2 is 2.04 bits per heavy atom. The summed E-state index contributed by atoms with van der Waals surface area (Å²) in [5, 5.41) is 12.8. The van der Waals surface area contributed by atoms with Crippen LogP contribution in [-0.4, -0.2) is 40.6 Å². The summed E-state index contributed by atoms with van der Waals surface area (Å²) in [6.45, 7) is 11.2. The number of hydrogen-bond acceptors (Lipinski definition) is 6. The molecule has 0 aliphatic rings. The Morgan fingerprint density at radius 3 is 2.65 bits per heavy atom. The second-order valence-corrected chi connectivity index (χ2v) is 6.63. The van der Waals surface area contributed by atoms with Crippen LogP contribution in [0.2, 0.25) is 0 Å². The predicted molar refractivity (Wildman–Crippen MR) is 90.8 cm³/mol. The lowest BCUT2D eigenvalue weighted by Gasteiger charge is -2.15. The third-order valence-electron chi connectivity index (χ3n) is 3.68. The highest BCUT2D eigenvalue weighted by Crippen LogP contribution is 2.16. The minimum Gasteiger partial charge on any atom is -0.464 e. The van der Waals surface area contributed by atoms with Crippen molar-refractivity contribution >= 4 is 17.2 Å². The fourth-order valence-corrected chi connectivity index (χ4v) is 3.04. The summed E-state index contributed by atoms with van der Waals surface area (Å²) in [7, 11) is 0. The number of nitrogens with zero attached hydrogens (tertiary/aromatic N) is 3. The zero-order valence-electron chi connectivity index (χ0n) is 14.2. The van der Waals surface area contributed by atoms with Gasteiger partial charge in [0.05, 0.1) is 12.1 Å². The number of furan rings is 1. The van der Waals surface area contributed by atoms with E-state index in [1.54, 1.807) is 11.3 Å². The molecule has 1 amide bonds. The van der Waals surface area contributed by atoms with Gasteiger partial charge in [-0.3, -0.25) is 9.69 Å². The number of carbonyl (C=O) groups is 1. The lowest BCUT2D eigenvalue weighted by Crippen LogP contribution is -2.26. The van der Waals surface area contributed by atoms with Crippen molar-refractivity contribution in [3.8, 4) is 0 Å². The third-order valence-corrected chi connectivity index (χ3v) is 4.58. The molecule has 1 N–H and O–H groups in total. The highest BCUT2D eigenvalue weighted by atomic mass is 32.1. The molecule has 2 aromatic heterocycles. The Balaban J connectivity index is 1.90. The molecule has 0 saturated carbocycles. The van der Waals surface area contributed by atoms with Gasteiger partial charge in [-0.25, -0.2) is 0 Å². The van der Waals surface area contributed by atoms with E-state index in [2.05, 4.69) is 34.3 Å². The summed E-state index contributed by atoms with van der Waals surface area (Å²) in [4.78, 5) is 14.5. The molecule has 2 aromatic rings. The molecule has 0 fully saturated rings. The topological polar surface area (TPSA) is 71.3 Å². The van der Waals surface area contributed by atoms with E-state index in [1.165, 1.54) is 0 Å². The van der Waals surface area contributed by atoms with E-state index in [9.17, 15) is 4.79 Å². The van der Waals surface area contributed by atoms with Gasteiger partial charge in [-0.1, -0.05) is 13.8 Å². The molecule has 2 rings (SSSR count). The van der Waals surface area contributed by atoms with Crippen LogP contribution in [0.15, 0.2) is 10.5 Å². The van der Waals surface area contributed by atoms with Crippen molar-refractivity contribution in [2.45, 2.75) is 40.7 Å². The first-order chi connectivity index (χ1) is 11.0. The molecule has 0 saturated heterocycles. The zero-order chi connectivity index (χ0) is 16.8. The number of aryl methyl sites for hydroxylation is 2. The number of nitrogens with one attached hydrogen (secondary N) is 1. The first-order valence-corrected chi connectivity index (χ1v) is 8.74. The summed E-state index contributed by atoms with van der Waals surface area (Å²) < 4.78 is 5.72. The van der Waals surface area contributed by atoms with Crippen LogP contribution in [0.5, 0.6) is 0 Å². The van der Waals surface area contributed by atoms with Crippen molar-refractivity contribution in [3.05, 3.63) is 33.2 Å². The molecule has 0 spiro atoms. The van der Waals surface area contributed by atoms with E-state index in [0.717, 1.165) is 35.4 Å². The summed E-state index contributed by atoms with van der Waals surface area (Å²) in [5.74, 6) is 1.39. The maximum absolute atomic E-state index is 12.3. The van der Waals surface area contributed by atoms with E-state index < -0.39 is 0 Å². The quantitative estimate of drug-likeness (QED) is 0.802. The average Bonchev–Trinajstić information content (AvgIpc) is 3.10. The van der Waals surface area contributed by atoms with Crippen molar-refractivity contribution in [2.75, 3.05) is 19.6 Å². The number of rotatable bonds is 8. The van der Waals surface area contributed by atoms with Crippen LogP contribution in [0.1, 0.15) is 45.7 Å². The van der Waals surface area contributed by atoms with Crippen molar-refractivity contribution in [3.63, 3.8) is 0 Å². The Morgan fingerprint density at radius 1 is 1.30 bits per heavy atom. The van der Waals surface area contributed by atoms with Gasteiger partial charge >= 0.3 is 0 Å². The Hall–Kier alpha value is -1.73. The maximum Gasteiger partial charge on any atom is 0.254 e. The maximum atomic E-state index is 12.3. The number of carbonyl (C=O) groups excluding carboxylic acids is 1. The Bertz CT molecular complexity index is 646. The molecule has 0 aliphatic carbocycles. The summed E-state index contributed by atoms with van der Waals surface area (Å²) in [6, 6.07) is 1.85. The molecule has 7 heteroatoms. The average molecular weight is 336 g/mol. The van der Waals surface area contributed by atoms with Gasteiger partial charge in [0.15, 0.2) is 0 Å². The first kappa shape index (κ1) is 17.6. The van der Waals surface area contributed by atoms with Gasteiger partial charge < -0.3 is 9.73 Å². The number of amides is 1. The fourth-order valence-electron chi connectivity index (χ4n) is 2.33. The predicted octanol–water partition coefficient (Wildman–Crippen LogP) is 2.56. The normalized spacial score (nSPS) is 11.2. The van der Waals surface area contributed by atoms with Gasteiger partial charge in [-0.15, -0.1) is 21.5 Å². The van der Waals surface area contributed by atoms with Gasteiger partial charge in [0.2, 0.25) is 0 Å².